The van der Waals surface area contributed by atoms with Crippen LogP contribution in [-0.2, 0) is 11.2 Å². The zero-order valence-electron chi connectivity index (χ0n) is 11.1. The van der Waals surface area contributed by atoms with Crippen molar-refractivity contribution in [3.63, 3.8) is 0 Å². The Kier molecular flexibility index (Phi) is 4.12. The van der Waals surface area contributed by atoms with Crippen molar-refractivity contribution in [1.29, 1.82) is 0 Å². The van der Waals surface area contributed by atoms with E-state index in [1.807, 2.05) is 0 Å². The van der Waals surface area contributed by atoms with Crippen molar-refractivity contribution in [2.75, 3.05) is 7.11 Å². The number of carbonyl (C=O) groups is 1. The van der Waals surface area contributed by atoms with Crippen molar-refractivity contribution >= 4 is 11.7 Å². The van der Waals surface area contributed by atoms with Gasteiger partial charge in [0.15, 0.2) is 0 Å². The average molecular weight is 292 g/mol. The van der Waals surface area contributed by atoms with Gasteiger partial charge in [-0.15, -0.1) is 5.10 Å². The second-order valence-corrected chi connectivity index (χ2v) is 4.16. The molecular weight excluding hydrogens is 280 g/mol. The van der Waals surface area contributed by atoms with E-state index in [1.165, 1.54) is 36.2 Å². The quantitative estimate of drug-likeness (QED) is 0.627. The fourth-order valence-electron chi connectivity index (χ4n) is 1.74. The highest BCUT2D eigenvalue weighted by molar-refractivity contribution is 5.66. The normalized spacial score (nSPS) is 10.3. The molecule has 0 aliphatic carbocycles. The molecule has 0 amide bonds. The Balaban J connectivity index is 2.34. The summed E-state index contributed by atoms with van der Waals surface area (Å²) in [5.74, 6) is -0.534. The van der Waals surface area contributed by atoms with Gasteiger partial charge < -0.3 is 9.84 Å². The largest absolute Gasteiger partial charge is 0.494 e. The number of carboxylic acids is 1. The average Bonchev–Trinajstić information content (AvgIpc) is 2.93. The summed E-state index contributed by atoms with van der Waals surface area (Å²) in [7, 11) is 1.44. The molecule has 1 N–H and O–H groups in total. The number of carboxylic acid groups (broad SMARTS) is 1. The van der Waals surface area contributed by atoms with E-state index in [9.17, 15) is 14.9 Å². The predicted octanol–water partition coefficient (Wildman–Crippen LogP) is 1.20. The van der Waals surface area contributed by atoms with Gasteiger partial charge in [0.2, 0.25) is 0 Å². The summed E-state index contributed by atoms with van der Waals surface area (Å²) in [5, 5.41) is 27.1. The number of non-ortho nitro benzene ring substituents is 1. The molecule has 0 saturated carbocycles. The number of hydrogen-bond donors (Lipinski definition) is 1. The minimum atomic E-state index is -0.933. The fourth-order valence-corrected chi connectivity index (χ4v) is 1.74. The van der Waals surface area contributed by atoms with Gasteiger partial charge in [0.25, 0.3) is 5.69 Å². The van der Waals surface area contributed by atoms with E-state index < -0.39 is 10.9 Å². The van der Waals surface area contributed by atoms with Crippen molar-refractivity contribution in [3.8, 4) is 11.4 Å². The molecule has 2 rings (SSSR count). The van der Waals surface area contributed by atoms with E-state index in [1.54, 1.807) is 0 Å². The summed E-state index contributed by atoms with van der Waals surface area (Å²) < 4.78 is 6.46. The summed E-state index contributed by atoms with van der Waals surface area (Å²) in [5.41, 5.74) is 0.736. The predicted molar refractivity (Wildman–Crippen MR) is 70.5 cm³/mol. The number of aryl methyl sites for hydroxylation is 1. The smallest absolute Gasteiger partial charge is 0.303 e. The molecule has 0 fully saturated rings. The number of rotatable bonds is 6. The van der Waals surface area contributed by atoms with Gasteiger partial charge in [0, 0.05) is 18.6 Å². The van der Waals surface area contributed by atoms with Crippen molar-refractivity contribution < 1.29 is 19.6 Å². The van der Waals surface area contributed by atoms with Crippen molar-refractivity contribution in [2.45, 2.75) is 12.8 Å². The van der Waals surface area contributed by atoms with Gasteiger partial charge in [-0.1, -0.05) is 5.21 Å². The van der Waals surface area contributed by atoms with Crippen LogP contribution in [0.5, 0.6) is 5.75 Å². The minimum Gasteiger partial charge on any atom is -0.494 e. The molecular formula is C12H12N4O5. The van der Waals surface area contributed by atoms with Crippen LogP contribution in [0.3, 0.4) is 0 Å². The monoisotopic (exact) mass is 292 g/mol. The lowest BCUT2D eigenvalue weighted by atomic mass is 10.2. The summed E-state index contributed by atoms with van der Waals surface area (Å²) in [6, 6.07) is 4.10. The molecule has 0 unspecified atom stereocenters. The Labute approximate surface area is 118 Å². The van der Waals surface area contributed by atoms with E-state index in [0.29, 0.717) is 17.1 Å². The Morgan fingerprint density at radius 3 is 2.90 bits per heavy atom. The van der Waals surface area contributed by atoms with Gasteiger partial charge in [0.1, 0.15) is 11.4 Å². The summed E-state index contributed by atoms with van der Waals surface area (Å²) >= 11 is 0. The summed E-state index contributed by atoms with van der Waals surface area (Å²) in [4.78, 5) is 20.8. The van der Waals surface area contributed by atoms with E-state index in [2.05, 4.69) is 10.3 Å². The number of nitrogens with zero attached hydrogens (tertiary/aromatic N) is 4. The van der Waals surface area contributed by atoms with Crippen LogP contribution in [0.2, 0.25) is 0 Å². The van der Waals surface area contributed by atoms with E-state index in [0.717, 1.165) is 0 Å². The van der Waals surface area contributed by atoms with Gasteiger partial charge >= 0.3 is 5.97 Å². The first-order chi connectivity index (χ1) is 10.0. The van der Waals surface area contributed by atoms with Gasteiger partial charge in [0.05, 0.1) is 30.3 Å². The van der Waals surface area contributed by atoms with Crippen molar-refractivity contribution in [1.82, 2.24) is 15.0 Å². The van der Waals surface area contributed by atoms with Crippen LogP contribution >= 0.6 is 0 Å². The second-order valence-electron chi connectivity index (χ2n) is 4.16. The Hall–Kier alpha value is -2.97. The van der Waals surface area contributed by atoms with Crippen LogP contribution in [0.1, 0.15) is 12.1 Å². The lowest BCUT2D eigenvalue weighted by Gasteiger charge is -2.07. The number of aliphatic carboxylic acids is 1. The van der Waals surface area contributed by atoms with Crippen molar-refractivity contribution in [2.24, 2.45) is 0 Å². The fraction of sp³-hybridized carbons (Fsp3) is 0.250. The number of nitro groups is 1. The molecule has 9 heteroatoms. The zero-order valence-corrected chi connectivity index (χ0v) is 11.1. The molecule has 0 aliphatic rings. The van der Waals surface area contributed by atoms with Gasteiger partial charge in [-0.2, -0.15) is 0 Å². The Morgan fingerprint density at radius 1 is 1.52 bits per heavy atom. The van der Waals surface area contributed by atoms with Crippen LogP contribution in [-0.4, -0.2) is 38.1 Å². The topological polar surface area (TPSA) is 120 Å². The van der Waals surface area contributed by atoms with Crippen LogP contribution in [0.25, 0.3) is 5.69 Å². The molecule has 0 radical (unpaired) electrons. The van der Waals surface area contributed by atoms with Gasteiger partial charge in [-0.05, 0) is 6.07 Å². The third kappa shape index (κ3) is 3.32. The highest BCUT2D eigenvalue weighted by Crippen LogP contribution is 2.27. The Bertz CT molecular complexity index is 682. The molecule has 21 heavy (non-hydrogen) atoms. The molecule has 1 aromatic carbocycles. The van der Waals surface area contributed by atoms with Crippen LogP contribution in [0, 0.1) is 10.1 Å². The van der Waals surface area contributed by atoms with E-state index in [-0.39, 0.29) is 18.5 Å². The third-order valence-corrected chi connectivity index (χ3v) is 2.76. The summed E-state index contributed by atoms with van der Waals surface area (Å²) in [6.45, 7) is 0. The van der Waals surface area contributed by atoms with Gasteiger partial charge in [-0.25, -0.2) is 4.68 Å². The number of hydrogen-bond acceptors (Lipinski definition) is 6. The van der Waals surface area contributed by atoms with Crippen LogP contribution in [0.4, 0.5) is 5.69 Å². The molecule has 0 saturated heterocycles. The molecule has 0 atom stereocenters. The minimum absolute atomic E-state index is 0.0647. The van der Waals surface area contributed by atoms with Crippen LogP contribution in [0.15, 0.2) is 24.4 Å². The zero-order chi connectivity index (χ0) is 15.4. The molecule has 0 bridgehead atoms. The SMILES string of the molecule is COc1ccc([N+](=O)[O-])cc1-n1cc(CCC(=O)O)nn1. The lowest BCUT2D eigenvalue weighted by molar-refractivity contribution is -0.384. The van der Waals surface area contributed by atoms with Crippen LogP contribution < -0.4 is 4.74 Å². The maximum Gasteiger partial charge on any atom is 0.303 e. The maximum atomic E-state index is 10.8. The Morgan fingerprint density at radius 2 is 2.29 bits per heavy atom. The summed E-state index contributed by atoms with van der Waals surface area (Å²) in [6.07, 6.45) is 1.68. The molecule has 1 heterocycles. The molecule has 1 aromatic heterocycles. The first kappa shape index (κ1) is 14.4. The second kappa shape index (κ2) is 5.99. The number of benzene rings is 1. The number of nitro benzene ring substituents is 1. The molecule has 2 aromatic rings. The van der Waals surface area contributed by atoms with Crippen molar-refractivity contribution in [3.05, 3.63) is 40.2 Å². The van der Waals surface area contributed by atoms with E-state index in [4.69, 9.17) is 9.84 Å². The number of methoxy groups -OCH3 is 1. The molecule has 0 aliphatic heterocycles. The highest BCUT2D eigenvalue weighted by Gasteiger charge is 2.14. The first-order valence-electron chi connectivity index (χ1n) is 5.97. The first-order valence-corrected chi connectivity index (χ1v) is 5.97. The number of aromatic nitrogens is 3. The standard InChI is InChI=1S/C12H12N4O5/c1-21-11-4-3-9(16(19)20)6-10(11)15-7-8(13-14-15)2-5-12(17)18/h3-4,6-7H,2,5H2,1H3,(H,17,18). The maximum absolute atomic E-state index is 10.8. The number of ether oxygens (including phenoxy) is 1. The highest BCUT2D eigenvalue weighted by atomic mass is 16.6. The molecule has 110 valence electrons. The molecule has 0 spiro atoms. The molecule has 9 nitrogen and oxygen atoms in total. The third-order valence-electron chi connectivity index (χ3n) is 2.76. The lowest BCUT2D eigenvalue weighted by Crippen LogP contribution is -2.00. The van der Waals surface area contributed by atoms with E-state index >= 15 is 0 Å². The van der Waals surface area contributed by atoms with Gasteiger partial charge in [-0.3, -0.25) is 14.9 Å².